The number of aldehydes is 1. The maximum Gasteiger partial charge on any atom is 0.120 e. The summed E-state index contributed by atoms with van der Waals surface area (Å²) in [7, 11) is 0. The lowest BCUT2D eigenvalue weighted by atomic mass is 9.93. The predicted octanol–water partition coefficient (Wildman–Crippen LogP) is 3.50. The zero-order valence-electron chi connectivity index (χ0n) is 9.16. The third-order valence-electron chi connectivity index (χ3n) is 2.60. The van der Waals surface area contributed by atoms with E-state index in [9.17, 15) is 4.79 Å². The Hall–Kier alpha value is -1.11. The van der Waals surface area contributed by atoms with Crippen LogP contribution in [0.5, 0.6) is 0 Å². The standard InChI is InChI=1S/C13H18O/c1-10(2)12-5-4-6-13(9-12)11(3)7-8-14/h4-6,8-11H,7H2,1-3H3/t11-/m1/s1. The van der Waals surface area contributed by atoms with Crippen LogP contribution in [0.3, 0.4) is 0 Å². The second-order valence-electron chi connectivity index (χ2n) is 4.13. The van der Waals surface area contributed by atoms with Gasteiger partial charge in [-0.3, -0.25) is 0 Å². The topological polar surface area (TPSA) is 17.1 Å². The Balaban J connectivity index is 2.87. The quantitative estimate of drug-likeness (QED) is 0.664. The molecule has 0 spiro atoms. The number of carbonyl (C=O) groups is 1. The molecule has 0 fully saturated rings. The highest BCUT2D eigenvalue weighted by Crippen LogP contribution is 2.22. The monoisotopic (exact) mass is 190 g/mol. The zero-order chi connectivity index (χ0) is 10.6. The van der Waals surface area contributed by atoms with Gasteiger partial charge in [0.05, 0.1) is 0 Å². The van der Waals surface area contributed by atoms with E-state index in [0.717, 1.165) is 6.29 Å². The highest BCUT2D eigenvalue weighted by molar-refractivity contribution is 5.51. The molecule has 0 N–H and O–H groups in total. The lowest BCUT2D eigenvalue weighted by Crippen LogP contribution is -1.96. The Kier molecular flexibility index (Phi) is 3.87. The van der Waals surface area contributed by atoms with Gasteiger partial charge in [-0.15, -0.1) is 0 Å². The predicted molar refractivity (Wildman–Crippen MR) is 59.6 cm³/mol. The smallest absolute Gasteiger partial charge is 0.120 e. The molecule has 76 valence electrons. The average Bonchev–Trinajstić information content (AvgIpc) is 2.18. The minimum atomic E-state index is 0.339. The van der Waals surface area contributed by atoms with Crippen LogP contribution >= 0.6 is 0 Å². The van der Waals surface area contributed by atoms with Crippen LogP contribution in [0, 0.1) is 0 Å². The average molecular weight is 190 g/mol. The van der Waals surface area contributed by atoms with Gasteiger partial charge in [0.2, 0.25) is 0 Å². The maximum absolute atomic E-state index is 10.4. The van der Waals surface area contributed by atoms with Crippen LogP contribution < -0.4 is 0 Å². The van der Waals surface area contributed by atoms with Crippen molar-refractivity contribution in [3.8, 4) is 0 Å². The van der Waals surface area contributed by atoms with Gasteiger partial charge >= 0.3 is 0 Å². The van der Waals surface area contributed by atoms with Gasteiger partial charge in [0.15, 0.2) is 0 Å². The van der Waals surface area contributed by atoms with Gasteiger partial charge in [0.1, 0.15) is 6.29 Å². The third kappa shape index (κ3) is 2.69. The molecule has 0 aliphatic heterocycles. The molecule has 0 aromatic heterocycles. The summed E-state index contributed by atoms with van der Waals surface area (Å²) in [6.45, 7) is 6.46. The van der Waals surface area contributed by atoms with Gasteiger partial charge in [-0.2, -0.15) is 0 Å². The van der Waals surface area contributed by atoms with E-state index in [4.69, 9.17) is 0 Å². The molecule has 0 amide bonds. The molecule has 0 aliphatic carbocycles. The lowest BCUT2D eigenvalue weighted by molar-refractivity contribution is -0.108. The van der Waals surface area contributed by atoms with Gasteiger partial charge in [-0.25, -0.2) is 0 Å². The SMILES string of the molecule is CC(C)c1cccc([C@H](C)CC=O)c1. The fourth-order valence-electron chi connectivity index (χ4n) is 1.51. The first-order valence-electron chi connectivity index (χ1n) is 5.18. The Bertz CT molecular complexity index is 302. The van der Waals surface area contributed by atoms with Crippen LogP contribution in [0.4, 0.5) is 0 Å². The molecule has 1 heteroatoms. The summed E-state index contributed by atoms with van der Waals surface area (Å²) >= 11 is 0. The van der Waals surface area contributed by atoms with Crippen molar-refractivity contribution in [1.82, 2.24) is 0 Å². The van der Waals surface area contributed by atoms with Crippen molar-refractivity contribution in [2.24, 2.45) is 0 Å². The van der Waals surface area contributed by atoms with Crippen molar-refractivity contribution in [3.63, 3.8) is 0 Å². The van der Waals surface area contributed by atoms with Gasteiger partial charge < -0.3 is 4.79 Å². The van der Waals surface area contributed by atoms with Crippen LogP contribution in [-0.2, 0) is 4.79 Å². The summed E-state index contributed by atoms with van der Waals surface area (Å²) in [5.74, 6) is 0.893. The molecular weight excluding hydrogens is 172 g/mol. The van der Waals surface area contributed by atoms with Crippen molar-refractivity contribution in [2.45, 2.75) is 39.0 Å². The molecule has 0 unspecified atom stereocenters. The molecule has 0 radical (unpaired) electrons. The number of hydrogen-bond donors (Lipinski definition) is 0. The normalized spacial score (nSPS) is 12.9. The van der Waals surface area contributed by atoms with Crippen molar-refractivity contribution < 1.29 is 4.79 Å². The zero-order valence-corrected chi connectivity index (χ0v) is 9.16. The molecule has 14 heavy (non-hydrogen) atoms. The molecular formula is C13H18O. The van der Waals surface area contributed by atoms with Gasteiger partial charge in [-0.05, 0) is 23.0 Å². The summed E-state index contributed by atoms with van der Waals surface area (Å²) in [5.41, 5.74) is 2.61. The van der Waals surface area contributed by atoms with E-state index in [1.54, 1.807) is 0 Å². The number of hydrogen-bond acceptors (Lipinski definition) is 1. The second-order valence-corrected chi connectivity index (χ2v) is 4.13. The number of rotatable bonds is 4. The maximum atomic E-state index is 10.4. The molecule has 0 aliphatic rings. The first kappa shape index (κ1) is 11.0. The molecule has 1 nitrogen and oxygen atoms in total. The minimum absolute atomic E-state index is 0.339. The molecule has 0 saturated heterocycles. The Morgan fingerprint density at radius 2 is 1.86 bits per heavy atom. The van der Waals surface area contributed by atoms with Gasteiger partial charge in [-0.1, -0.05) is 45.0 Å². The van der Waals surface area contributed by atoms with Crippen LogP contribution in [0.25, 0.3) is 0 Å². The Labute approximate surface area is 86.1 Å². The number of carbonyl (C=O) groups excluding carboxylic acids is 1. The molecule has 0 saturated carbocycles. The molecule has 1 atom stereocenters. The fourth-order valence-corrected chi connectivity index (χ4v) is 1.51. The first-order chi connectivity index (χ1) is 6.65. The Morgan fingerprint density at radius 3 is 2.43 bits per heavy atom. The third-order valence-corrected chi connectivity index (χ3v) is 2.60. The van der Waals surface area contributed by atoms with Crippen LogP contribution in [0.1, 0.15) is 50.2 Å². The summed E-state index contributed by atoms with van der Waals surface area (Å²) in [5, 5.41) is 0. The van der Waals surface area contributed by atoms with Crippen LogP contribution in [0.2, 0.25) is 0 Å². The molecule has 0 heterocycles. The highest BCUT2D eigenvalue weighted by atomic mass is 16.1. The lowest BCUT2D eigenvalue weighted by Gasteiger charge is -2.11. The summed E-state index contributed by atoms with van der Waals surface area (Å²) < 4.78 is 0. The largest absolute Gasteiger partial charge is 0.303 e. The van der Waals surface area contributed by atoms with E-state index in [1.807, 2.05) is 0 Å². The molecule has 1 aromatic carbocycles. The van der Waals surface area contributed by atoms with E-state index in [-0.39, 0.29) is 0 Å². The first-order valence-corrected chi connectivity index (χ1v) is 5.18. The number of benzene rings is 1. The van der Waals surface area contributed by atoms with Crippen molar-refractivity contribution in [3.05, 3.63) is 35.4 Å². The van der Waals surface area contributed by atoms with E-state index in [2.05, 4.69) is 45.0 Å². The fraction of sp³-hybridized carbons (Fsp3) is 0.462. The van der Waals surface area contributed by atoms with Gasteiger partial charge in [0, 0.05) is 6.42 Å². The van der Waals surface area contributed by atoms with Gasteiger partial charge in [0.25, 0.3) is 0 Å². The minimum Gasteiger partial charge on any atom is -0.303 e. The molecule has 0 bridgehead atoms. The second kappa shape index (κ2) is 4.94. The summed E-state index contributed by atoms with van der Waals surface area (Å²) in [6.07, 6.45) is 1.61. The Morgan fingerprint density at radius 1 is 1.21 bits per heavy atom. The van der Waals surface area contributed by atoms with E-state index in [1.165, 1.54) is 11.1 Å². The van der Waals surface area contributed by atoms with E-state index < -0.39 is 0 Å². The van der Waals surface area contributed by atoms with Crippen LogP contribution in [0.15, 0.2) is 24.3 Å². The van der Waals surface area contributed by atoms with Crippen molar-refractivity contribution >= 4 is 6.29 Å². The van der Waals surface area contributed by atoms with Crippen molar-refractivity contribution in [1.29, 1.82) is 0 Å². The van der Waals surface area contributed by atoms with E-state index in [0.29, 0.717) is 18.3 Å². The summed E-state index contributed by atoms with van der Waals surface area (Å²) in [4.78, 5) is 10.4. The highest BCUT2D eigenvalue weighted by Gasteiger charge is 2.06. The molecule has 1 rings (SSSR count). The molecule has 1 aromatic rings. The van der Waals surface area contributed by atoms with Crippen molar-refractivity contribution in [2.75, 3.05) is 0 Å². The van der Waals surface area contributed by atoms with E-state index >= 15 is 0 Å². The summed E-state index contributed by atoms with van der Waals surface area (Å²) in [6, 6.07) is 8.52. The van der Waals surface area contributed by atoms with Crippen LogP contribution in [-0.4, -0.2) is 6.29 Å².